The number of rotatable bonds is 2. The Balaban J connectivity index is 3.63. The molecular weight excluding hydrogens is 237 g/mol. The van der Waals surface area contributed by atoms with E-state index in [1.807, 2.05) is 0 Å². The van der Waals surface area contributed by atoms with Gasteiger partial charge in [-0.05, 0) is 24.4 Å². The summed E-state index contributed by atoms with van der Waals surface area (Å²) in [5.41, 5.74) is -0.538. The van der Waals surface area contributed by atoms with Crippen molar-refractivity contribution in [3.63, 3.8) is 0 Å². The van der Waals surface area contributed by atoms with Gasteiger partial charge in [0.1, 0.15) is 5.15 Å². The summed E-state index contributed by atoms with van der Waals surface area (Å²) >= 11 is 8.72. The largest absolute Gasteiger partial charge is 0.241 e. The molecule has 0 saturated carbocycles. The topological polar surface area (TPSA) is 12.9 Å². The van der Waals surface area contributed by atoms with Crippen LogP contribution in [0.2, 0.25) is 5.15 Å². The zero-order valence-corrected chi connectivity index (χ0v) is 8.20. The molecule has 0 aliphatic heterocycles. The molecule has 0 aliphatic carbocycles. The summed E-state index contributed by atoms with van der Waals surface area (Å²) in [5.74, 6) is -3.40. The maximum atomic E-state index is 7.94. The van der Waals surface area contributed by atoms with Crippen molar-refractivity contribution in [3.8, 4) is 0 Å². The summed E-state index contributed by atoms with van der Waals surface area (Å²) in [6, 6.07) is 2.43. The van der Waals surface area contributed by atoms with Gasteiger partial charge in [-0.3, -0.25) is 0 Å². The smallest absolute Gasteiger partial charge is 0.130 e. The van der Waals surface area contributed by atoms with Crippen molar-refractivity contribution in [2.24, 2.45) is 5.89 Å². The zero-order valence-electron chi connectivity index (χ0n) is 14.9. The van der Waals surface area contributed by atoms with Crippen LogP contribution in [0, 0.1) is 5.89 Å². The highest BCUT2D eigenvalue weighted by molar-refractivity contribution is 9.10. The number of hydrogen-bond acceptors (Lipinski definition) is 1. The fourth-order valence-electron chi connectivity index (χ4n) is 0.658. The van der Waals surface area contributed by atoms with Crippen molar-refractivity contribution in [1.29, 1.82) is 0 Å². The van der Waals surface area contributed by atoms with Gasteiger partial charge in [-0.1, -0.05) is 41.2 Å². The van der Waals surface area contributed by atoms with Gasteiger partial charge in [0.2, 0.25) is 0 Å². The maximum absolute atomic E-state index is 7.94. The molecule has 1 aromatic rings. The molecule has 0 aromatic carbocycles. The van der Waals surface area contributed by atoms with Gasteiger partial charge in [0.25, 0.3) is 0 Å². The van der Waals surface area contributed by atoms with Crippen LogP contribution >= 0.6 is 27.5 Å². The van der Waals surface area contributed by atoms with Crippen LogP contribution in [-0.2, 0) is 6.37 Å². The van der Waals surface area contributed by atoms with E-state index in [4.69, 9.17) is 23.9 Å². The molecule has 0 bridgehead atoms. The van der Waals surface area contributed by atoms with E-state index in [1.165, 1.54) is 6.07 Å². The minimum atomic E-state index is -3.40. The maximum Gasteiger partial charge on any atom is 0.130 e. The van der Waals surface area contributed by atoms with Gasteiger partial charge in [0, 0.05) is 22.5 Å². The van der Waals surface area contributed by atoms with Gasteiger partial charge in [0.15, 0.2) is 0 Å². The molecule has 1 nitrogen and oxygen atoms in total. The minimum absolute atomic E-state index is 0.151. The summed E-state index contributed by atoms with van der Waals surface area (Å²) in [5, 5.41) is -0.151. The lowest BCUT2D eigenvalue weighted by Gasteiger charge is -2.04. The average molecular weight is 258 g/mol. The Kier molecular flexibility index (Phi) is 1.15. The van der Waals surface area contributed by atoms with Crippen molar-refractivity contribution in [1.82, 2.24) is 4.98 Å². The van der Waals surface area contributed by atoms with Crippen molar-refractivity contribution < 1.29 is 12.3 Å². The van der Waals surface area contributed by atoms with E-state index in [2.05, 4.69) is 20.9 Å². The van der Waals surface area contributed by atoms with E-state index in [-0.39, 0.29) is 5.15 Å². The first-order chi connectivity index (χ1) is 9.14. The van der Waals surface area contributed by atoms with Crippen LogP contribution in [0.15, 0.2) is 16.6 Å². The van der Waals surface area contributed by atoms with E-state index < -0.39 is 31.7 Å². The number of nitrogens with zero attached hydrogens (tertiary/aromatic N) is 1. The van der Waals surface area contributed by atoms with Gasteiger partial charge in [-0.2, -0.15) is 0 Å². The first-order valence-corrected chi connectivity index (χ1v) is 4.15. The Morgan fingerprint density at radius 3 is 3.17 bits per heavy atom. The zero-order chi connectivity index (χ0) is 16.9. The fourth-order valence-corrected chi connectivity index (χ4v) is 1.43. The highest BCUT2D eigenvalue weighted by atomic mass is 79.9. The third-order valence-electron chi connectivity index (χ3n) is 1.01. The van der Waals surface area contributed by atoms with E-state index in [0.717, 1.165) is 6.07 Å². The Hall–Kier alpha value is -0.0800. The van der Waals surface area contributed by atoms with Crippen LogP contribution in [0.5, 0.6) is 0 Å². The molecule has 1 rings (SSSR count). The Morgan fingerprint density at radius 1 is 1.83 bits per heavy atom. The van der Waals surface area contributed by atoms with Crippen molar-refractivity contribution >= 4 is 27.5 Å². The van der Waals surface area contributed by atoms with Crippen LogP contribution in [0.1, 0.15) is 31.7 Å². The molecule has 1 aromatic heterocycles. The highest BCUT2D eigenvalue weighted by Gasteiger charge is 2.01. The number of pyridine rings is 1. The van der Waals surface area contributed by atoms with Crippen molar-refractivity contribution in [3.05, 3.63) is 27.5 Å². The number of hydrogen-bond donors (Lipinski definition) is 0. The van der Waals surface area contributed by atoms with E-state index >= 15 is 0 Å². The molecule has 0 saturated heterocycles. The van der Waals surface area contributed by atoms with Crippen LogP contribution in [0.25, 0.3) is 0 Å². The molecule has 66 valence electrons. The predicted molar refractivity (Wildman–Crippen MR) is 55.5 cm³/mol. The molecule has 0 unspecified atom stereocenters. The van der Waals surface area contributed by atoms with Crippen molar-refractivity contribution in [2.45, 2.75) is 20.1 Å². The second-order valence-corrected chi connectivity index (χ2v) is 3.30. The van der Waals surface area contributed by atoms with Crippen LogP contribution in [-0.4, -0.2) is 4.98 Å². The molecule has 12 heavy (non-hydrogen) atoms. The lowest BCUT2D eigenvalue weighted by molar-refractivity contribution is 0.635. The van der Waals surface area contributed by atoms with E-state index in [9.17, 15) is 0 Å². The normalized spacial score (nSPS) is 26.0. The lowest BCUT2D eigenvalue weighted by Crippen LogP contribution is -1.97. The minimum Gasteiger partial charge on any atom is -0.241 e. The summed E-state index contributed by atoms with van der Waals surface area (Å²) in [6.07, 6.45) is -3.09. The lowest BCUT2D eigenvalue weighted by atomic mass is 10.1. The molecule has 0 aliphatic rings. The predicted octanol–water partition coefficient (Wildman–Crippen LogP) is 3.70. The molecule has 1 heterocycles. The summed E-state index contributed by atoms with van der Waals surface area (Å²) in [6.45, 7) is -6.81. The Morgan fingerprint density at radius 2 is 2.58 bits per heavy atom. The van der Waals surface area contributed by atoms with Crippen LogP contribution < -0.4 is 0 Å². The van der Waals surface area contributed by atoms with Gasteiger partial charge in [-0.25, -0.2) is 4.98 Å². The SMILES string of the molecule is [2H]C([2H])([2H])C([2H])(C([2H])([2H])[2H])C([2H])([2H])c1cc(Br)cc(Cl)n1. The Labute approximate surface area is 98.9 Å². The molecular formula is C9H11BrClN. The molecule has 0 amide bonds. The van der Waals surface area contributed by atoms with Gasteiger partial charge >= 0.3 is 0 Å². The van der Waals surface area contributed by atoms with Crippen LogP contribution in [0.3, 0.4) is 0 Å². The average Bonchev–Trinajstić information content (AvgIpc) is 2.23. The first kappa shape index (κ1) is 3.25. The molecule has 0 spiro atoms. The van der Waals surface area contributed by atoms with E-state index in [0.29, 0.717) is 4.47 Å². The second kappa shape index (κ2) is 4.24. The number of halogens is 2. The van der Waals surface area contributed by atoms with Gasteiger partial charge < -0.3 is 0 Å². The summed E-state index contributed by atoms with van der Waals surface area (Å²) < 4.78 is 68.0. The van der Waals surface area contributed by atoms with Crippen molar-refractivity contribution in [2.75, 3.05) is 0 Å². The molecule has 0 atom stereocenters. The molecule has 3 heteroatoms. The third kappa shape index (κ3) is 3.11. The summed E-state index contributed by atoms with van der Waals surface area (Å²) in [7, 11) is 0. The van der Waals surface area contributed by atoms with Crippen LogP contribution in [0.4, 0.5) is 0 Å². The molecule has 0 N–H and O–H groups in total. The first-order valence-electron chi connectivity index (χ1n) is 7.48. The quantitative estimate of drug-likeness (QED) is 0.736. The van der Waals surface area contributed by atoms with Gasteiger partial charge in [-0.15, -0.1) is 0 Å². The third-order valence-corrected chi connectivity index (χ3v) is 1.66. The number of aromatic nitrogens is 1. The second-order valence-electron chi connectivity index (χ2n) is 1.99. The molecule has 0 fully saturated rings. The molecule has 0 radical (unpaired) electrons. The van der Waals surface area contributed by atoms with E-state index in [1.54, 1.807) is 0 Å². The fraction of sp³-hybridized carbons (Fsp3) is 0.444. The monoisotopic (exact) mass is 256 g/mol. The summed E-state index contributed by atoms with van der Waals surface area (Å²) in [4.78, 5) is 3.64. The van der Waals surface area contributed by atoms with Gasteiger partial charge in [0.05, 0.1) is 0 Å². The highest BCUT2D eigenvalue weighted by Crippen LogP contribution is 2.17. The Bertz CT molecular complexity index is 505. The standard InChI is InChI=1S/C9H11BrClN/c1-6(2)3-8-4-7(10)5-9(11)12-8/h4-6H,3H2,1-2H3/i1D3,2D3,3D2,6D.